The van der Waals surface area contributed by atoms with Gasteiger partial charge >= 0.3 is 29.6 Å². The van der Waals surface area contributed by atoms with Crippen molar-refractivity contribution in [3.63, 3.8) is 0 Å². The topological polar surface area (TPSA) is 58.9 Å². The van der Waals surface area contributed by atoms with E-state index >= 15 is 0 Å². The Labute approximate surface area is 88.8 Å². The molecule has 0 bridgehead atoms. The second-order valence-electron chi connectivity index (χ2n) is 1.22. The standard InChI is InChI=1S/C3HCl2N3O.Na.H/c4-1-2(5)6-8-7-3(1)9;;/h(H,6,7,9);;. The maximum absolute atomic E-state index is 8.67. The number of nitrogens with zero attached hydrogens (tertiary/aromatic N) is 3. The molecule has 1 heterocycles. The predicted octanol–water partition coefficient (Wildman–Crippen LogP) is 0.235. The van der Waals surface area contributed by atoms with Crippen molar-refractivity contribution >= 4 is 52.8 Å². The quantitative estimate of drug-likeness (QED) is 0.595. The molecule has 0 fully saturated rings. The monoisotopic (exact) mass is 189 g/mol. The molecule has 0 aromatic carbocycles. The first kappa shape index (κ1) is 10.4. The van der Waals surface area contributed by atoms with E-state index in [4.69, 9.17) is 28.3 Å². The third-order valence-corrected chi connectivity index (χ3v) is 1.36. The van der Waals surface area contributed by atoms with E-state index in [0.29, 0.717) is 0 Å². The Kier molecular flexibility index (Phi) is 4.47. The summed E-state index contributed by atoms with van der Waals surface area (Å²) in [4.78, 5) is 0. The zero-order valence-corrected chi connectivity index (χ0v) is 5.56. The van der Waals surface area contributed by atoms with E-state index in [2.05, 4.69) is 15.4 Å². The van der Waals surface area contributed by atoms with Gasteiger partial charge in [-0.15, -0.1) is 5.10 Å². The van der Waals surface area contributed by atoms with Crippen molar-refractivity contribution < 1.29 is 5.11 Å². The van der Waals surface area contributed by atoms with E-state index in [-0.39, 0.29) is 39.7 Å². The van der Waals surface area contributed by atoms with Crippen LogP contribution in [0.5, 0.6) is 5.88 Å². The average molecular weight is 190 g/mol. The van der Waals surface area contributed by atoms with Gasteiger partial charge in [-0.3, -0.25) is 0 Å². The molecule has 0 aliphatic rings. The number of hydrogen-bond acceptors (Lipinski definition) is 4. The van der Waals surface area contributed by atoms with E-state index in [1.807, 2.05) is 0 Å². The van der Waals surface area contributed by atoms with Gasteiger partial charge in [0, 0.05) is 0 Å². The Bertz CT molecular complexity index is 213. The molecule has 1 aromatic heterocycles. The SMILES string of the molecule is Oc1nnnc(Cl)c1Cl.[NaH]. The van der Waals surface area contributed by atoms with Gasteiger partial charge in [0.1, 0.15) is 5.02 Å². The molecule has 1 aromatic rings. The molecular formula is C3H2Cl2N3NaO. The number of aromatic hydroxyl groups is 1. The fourth-order valence-electron chi connectivity index (χ4n) is 0.284. The van der Waals surface area contributed by atoms with Crippen LogP contribution in [0.15, 0.2) is 0 Å². The van der Waals surface area contributed by atoms with Gasteiger partial charge in [0.15, 0.2) is 5.15 Å². The summed E-state index contributed by atoms with van der Waals surface area (Å²) in [6.45, 7) is 0. The maximum atomic E-state index is 8.67. The first-order valence-corrected chi connectivity index (χ1v) is 2.70. The number of aromatic nitrogens is 3. The van der Waals surface area contributed by atoms with Crippen LogP contribution in [-0.4, -0.2) is 50.1 Å². The minimum atomic E-state index is -0.406. The van der Waals surface area contributed by atoms with E-state index < -0.39 is 5.88 Å². The van der Waals surface area contributed by atoms with Crippen molar-refractivity contribution in [1.29, 1.82) is 0 Å². The molecule has 1 rings (SSSR count). The normalized spacial score (nSPS) is 8.60. The van der Waals surface area contributed by atoms with Crippen molar-refractivity contribution in [2.45, 2.75) is 0 Å². The van der Waals surface area contributed by atoms with Crippen LogP contribution in [0.25, 0.3) is 0 Å². The Morgan fingerprint density at radius 3 is 2.20 bits per heavy atom. The Morgan fingerprint density at radius 2 is 1.80 bits per heavy atom. The van der Waals surface area contributed by atoms with Crippen molar-refractivity contribution in [3.8, 4) is 5.88 Å². The van der Waals surface area contributed by atoms with Crippen molar-refractivity contribution in [3.05, 3.63) is 10.2 Å². The molecular weight excluding hydrogens is 188 g/mol. The number of rotatable bonds is 0. The molecule has 0 amide bonds. The van der Waals surface area contributed by atoms with Gasteiger partial charge in [-0.25, -0.2) is 0 Å². The fourth-order valence-corrected chi connectivity index (χ4v) is 0.478. The predicted molar refractivity (Wildman–Crippen MR) is 38.7 cm³/mol. The van der Waals surface area contributed by atoms with Crippen LogP contribution in [-0.2, 0) is 0 Å². The summed E-state index contributed by atoms with van der Waals surface area (Å²) >= 11 is 10.6. The average Bonchev–Trinajstić information content (AvgIpc) is 1.83. The van der Waals surface area contributed by atoms with Crippen LogP contribution in [0.3, 0.4) is 0 Å². The van der Waals surface area contributed by atoms with Gasteiger partial charge in [0.2, 0.25) is 0 Å². The van der Waals surface area contributed by atoms with Crippen LogP contribution in [0.2, 0.25) is 10.2 Å². The summed E-state index contributed by atoms with van der Waals surface area (Å²) in [5, 5.41) is 18.0. The second kappa shape index (κ2) is 4.31. The van der Waals surface area contributed by atoms with Gasteiger partial charge in [-0.1, -0.05) is 28.3 Å². The second-order valence-corrected chi connectivity index (χ2v) is 1.95. The summed E-state index contributed by atoms with van der Waals surface area (Å²) in [5.74, 6) is -0.406. The summed E-state index contributed by atoms with van der Waals surface area (Å²) in [6.07, 6.45) is 0. The molecule has 7 heteroatoms. The first-order valence-electron chi connectivity index (χ1n) is 1.95. The van der Waals surface area contributed by atoms with E-state index in [9.17, 15) is 0 Å². The van der Waals surface area contributed by atoms with Gasteiger partial charge in [0.25, 0.3) is 5.88 Å². The van der Waals surface area contributed by atoms with Gasteiger partial charge in [0.05, 0.1) is 0 Å². The van der Waals surface area contributed by atoms with Gasteiger partial charge in [-0.2, -0.15) is 0 Å². The molecule has 0 aliphatic carbocycles. The zero-order chi connectivity index (χ0) is 6.85. The number of halogens is 2. The summed E-state index contributed by atoms with van der Waals surface area (Å²) in [5.41, 5.74) is 0. The summed E-state index contributed by atoms with van der Waals surface area (Å²) in [7, 11) is 0. The molecule has 0 spiro atoms. The van der Waals surface area contributed by atoms with E-state index in [0.717, 1.165) is 0 Å². The molecule has 4 nitrogen and oxygen atoms in total. The molecule has 0 saturated carbocycles. The molecule has 0 unspecified atom stereocenters. The Balaban J connectivity index is 0.000000810. The third-order valence-electron chi connectivity index (χ3n) is 0.649. The van der Waals surface area contributed by atoms with Crippen LogP contribution < -0.4 is 0 Å². The van der Waals surface area contributed by atoms with Crippen molar-refractivity contribution in [2.24, 2.45) is 0 Å². The molecule has 0 radical (unpaired) electrons. The minimum absolute atomic E-state index is 0. The fraction of sp³-hybridized carbons (Fsp3) is 0. The first-order chi connectivity index (χ1) is 4.22. The molecule has 10 heavy (non-hydrogen) atoms. The Hall–Kier alpha value is 0.390. The molecule has 50 valence electrons. The number of hydrogen-bond donors (Lipinski definition) is 1. The van der Waals surface area contributed by atoms with Gasteiger partial charge in [-0.05, 0) is 5.21 Å². The summed E-state index contributed by atoms with van der Waals surface area (Å²) < 4.78 is 0. The van der Waals surface area contributed by atoms with Gasteiger partial charge < -0.3 is 5.11 Å². The van der Waals surface area contributed by atoms with E-state index in [1.165, 1.54) is 0 Å². The molecule has 0 atom stereocenters. The van der Waals surface area contributed by atoms with Crippen LogP contribution >= 0.6 is 23.2 Å². The molecule has 0 saturated heterocycles. The molecule has 0 aliphatic heterocycles. The third kappa shape index (κ3) is 2.21. The summed E-state index contributed by atoms with van der Waals surface area (Å²) in [6, 6.07) is 0. The van der Waals surface area contributed by atoms with Crippen LogP contribution in [0.1, 0.15) is 0 Å². The van der Waals surface area contributed by atoms with Crippen LogP contribution in [0.4, 0.5) is 0 Å². The van der Waals surface area contributed by atoms with Crippen molar-refractivity contribution in [2.75, 3.05) is 0 Å². The zero-order valence-electron chi connectivity index (χ0n) is 4.04. The Morgan fingerprint density at radius 1 is 1.20 bits per heavy atom. The van der Waals surface area contributed by atoms with E-state index in [1.54, 1.807) is 0 Å². The van der Waals surface area contributed by atoms with Crippen LogP contribution in [0, 0.1) is 0 Å². The molecule has 1 N–H and O–H groups in total. The van der Waals surface area contributed by atoms with Crippen molar-refractivity contribution in [1.82, 2.24) is 15.4 Å².